The lowest BCUT2D eigenvalue weighted by molar-refractivity contribution is -0.112. The van der Waals surface area contributed by atoms with E-state index in [0.717, 1.165) is 30.4 Å². The Labute approximate surface area is 210 Å². The first kappa shape index (κ1) is 24.0. The fraction of sp³-hybridized carbons (Fsp3) is 0.130. The molecule has 174 valence electrons. The second-order valence-electron chi connectivity index (χ2n) is 7.68. The number of hydrogen-bond acceptors (Lipinski definition) is 6. The molecule has 0 bridgehead atoms. The Bertz CT molecular complexity index is 1410. The molecule has 1 aliphatic carbocycles. The third-order valence-corrected chi connectivity index (χ3v) is 6.90. The summed E-state index contributed by atoms with van der Waals surface area (Å²) in [6, 6.07) is 13.8. The minimum absolute atomic E-state index is 0.0146. The van der Waals surface area contributed by atoms with E-state index in [4.69, 9.17) is 10.5 Å². The predicted octanol–water partition coefficient (Wildman–Crippen LogP) is 3.92. The van der Waals surface area contributed by atoms with Gasteiger partial charge in [-0.1, -0.05) is 24.3 Å². The summed E-state index contributed by atoms with van der Waals surface area (Å²) in [5.41, 5.74) is 2.69. The van der Waals surface area contributed by atoms with E-state index in [2.05, 4.69) is 20.1 Å². The third-order valence-electron chi connectivity index (χ3n) is 5.17. The van der Waals surface area contributed by atoms with Crippen LogP contribution in [0.4, 0.5) is 5.69 Å². The lowest BCUT2D eigenvalue weighted by Crippen LogP contribution is -2.12. The molecular weight excluding hydrogens is 567 g/mol. The summed E-state index contributed by atoms with van der Waals surface area (Å²) in [6.07, 6.45) is 8.20. The van der Waals surface area contributed by atoms with E-state index in [1.54, 1.807) is 30.6 Å². The molecule has 0 spiro atoms. The van der Waals surface area contributed by atoms with Crippen molar-refractivity contribution in [3.63, 3.8) is 0 Å². The molecule has 4 N–H and O–H groups in total. The highest BCUT2D eigenvalue weighted by atomic mass is 127. The number of halogens is 1. The number of hydrogen-bond donors (Lipinski definition) is 3. The van der Waals surface area contributed by atoms with E-state index in [1.807, 2.05) is 40.8 Å². The van der Waals surface area contributed by atoms with Gasteiger partial charge < -0.3 is 15.3 Å². The number of nitrogens with one attached hydrogen (secondary N) is 2. The van der Waals surface area contributed by atoms with Crippen LogP contribution in [0.1, 0.15) is 24.4 Å². The quantitative estimate of drug-likeness (QED) is 0.158. The van der Waals surface area contributed by atoms with Gasteiger partial charge in [0.2, 0.25) is 10.0 Å². The first-order valence-electron chi connectivity index (χ1n) is 10.3. The maximum atomic E-state index is 12.9. The Balaban J connectivity index is 1.53. The fourth-order valence-electron chi connectivity index (χ4n) is 3.35. The minimum atomic E-state index is -3.81. The van der Waals surface area contributed by atoms with Gasteiger partial charge in [-0.15, -0.1) is 10.2 Å². The molecule has 11 heteroatoms. The molecule has 2 aromatic carbocycles. The van der Waals surface area contributed by atoms with Gasteiger partial charge in [0.15, 0.2) is 5.82 Å². The summed E-state index contributed by atoms with van der Waals surface area (Å²) < 4.78 is 25.4. The van der Waals surface area contributed by atoms with Crippen LogP contribution in [-0.2, 0) is 14.8 Å². The van der Waals surface area contributed by atoms with Crippen molar-refractivity contribution in [1.29, 1.82) is 5.41 Å². The summed E-state index contributed by atoms with van der Waals surface area (Å²) in [6.45, 7) is 0. The molecule has 0 saturated heterocycles. The zero-order chi connectivity index (χ0) is 24.3. The van der Waals surface area contributed by atoms with Gasteiger partial charge in [0.1, 0.15) is 6.33 Å². The number of carbonyl (C=O) groups is 1. The topological polar surface area (TPSA) is 144 Å². The first-order chi connectivity index (χ1) is 16.3. The van der Waals surface area contributed by atoms with Crippen LogP contribution >= 0.6 is 22.6 Å². The van der Waals surface area contributed by atoms with Crippen molar-refractivity contribution < 1.29 is 13.2 Å². The van der Waals surface area contributed by atoms with Gasteiger partial charge in [-0.3, -0.25) is 4.79 Å². The second kappa shape index (κ2) is 9.99. The zero-order valence-electron chi connectivity index (χ0n) is 17.8. The van der Waals surface area contributed by atoms with Gasteiger partial charge >= 0.3 is 0 Å². The SMILES string of the molecule is N=C/C=C(\C=C(/I)C(=O)Nc1cccc(-c2nncn2C2CC2)c1)c1ccc(S(N)(=O)=O)cc1. The van der Waals surface area contributed by atoms with Gasteiger partial charge in [-0.2, -0.15) is 0 Å². The predicted molar refractivity (Wildman–Crippen MR) is 139 cm³/mol. The van der Waals surface area contributed by atoms with Gasteiger partial charge in [0.05, 0.1) is 8.48 Å². The number of rotatable bonds is 8. The van der Waals surface area contributed by atoms with Crippen LogP contribution in [0.5, 0.6) is 0 Å². The molecule has 1 fully saturated rings. The van der Waals surface area contributed by atoms with E-state index in [0.29, 0.717) is 26.4 Å². The maximum absolute atomic E-state index is 12.9. The van der Waals surface area contributed by atoms with Crippen molar-refractivity contribution >= 4 is 56.0 Å². The number of aromatic nitrogens is 3. The lowest BCUT2D eigenvalue weighted by atomic mass is 10.1. The van der Waals surface area contributed by atoms with E-state index in [9.17, 15) is 13.2 Å². The monoisotopic (exact) mass is 588 g/mol. The molecule has 1 amide bonds. The zero-order valence-corrected chi connectivity index (χ0v) is 20.8. The Morgan fingerprint density at radius 2 is 1.94 bits per heavy atom. The number of primary sulfonamides is 1. The molecule has 0 unspecified atom stereocenters. The highest BCUT2D eigenvalue weighted by Gasteiger charge is 2.26. The van der Waals surface area contributed by atoms with Gasteiger partial charge in [0, 0.05) is 23.5 Å². The number of nitrogens with two attached hydrogens (primary N) is 1. The smallest absolute Gasteiger partial charge is 0.261 e. The van der Waals surface area contributed by atoms with Crippen molar-refractivity contribution in [1.82, 2.24) is 14.8 Å². The molecular formula is C23H21IN6O3S. The van der Waals surface area contributed by atoms with E-state index >= 15 is 0 Å². The fourth-order valence-corrected chi connectivity index (χ4v) is 4.34. The Morgan fingerprint density at radius 3 is 2.59 bits per heavy atom. The van der Waals surface area contributed by atoms with Crippen LogP contribution < -0.4 is 10.5 Å². The van der Waals surface area contributed by atoms with E-state index < -0.39 is 10.0 Å². The highest BCUT2D eigenvalue weighted by Crippen LogP contribution is 2.37. The van der Waals surface area contributed by atoms with Crippen molar-refractivity contribution in [2.24, 2.45) is 5.14 Å². The standard InChI is InChI=1S/C23H21IN6O3S/c24-21(13-16(10-11-25)15-4-8-20(9-5-15)34(26,32)33)23(31)28-18-3-1-2-17(12-18)22-29-27-14-30(22)19-6-7-19/h1-5,8-14,19,25H,6-7H2,(H,28,31)(H2,26,32,33)/b16-10+,21-13-,25-11?. The van der Waals surface area contributed by atoms with Crippen LogP contribution in [-0.4, -0.2) is 35.3 Å². The normalized spacial score (nSPS) is 14.6. The largest absolute Gasteiger partial charge is 0.322 e. The average molecular weight is 588 g/mol. The molecule has 34 heavy (non-hydrogen) atoms. The van der Waals surface area contributed by atoms with Crippen molar-refractivity contribution in [3.8, 4) is 11.4 Å². The number of anilines is 1. The summed E-state index contributed by atoms with van der Waals surface area (Å²) in [5, 5.41) is 23.7. The number of allylic oxidation sites excluding steroid dienone is 3. The molecule has 0 aliphatic heterocycles. The van der Waals surface area contributed by atoms with E-state index in [1.165, 1.54) is 18.2 Å². The van der Waals surface area contributed by atoms with Gasteiger partial charge in [-0.05, 0) is 83.0 Å². The number of sulfonamides is 1. The molecule has 0 radical (unpaired) electrons. The molecule has 1 heterocycles. The minimum Gasteiger partial charge on any atom is -0.322 e. The van der Waals surface area contributed by atoms with Crippen LogP contribution in [0.15, 0.2) is 75.5 Å². The van der Waals surface area contributed by atoms with Crippen molar-refractivity contribution in [2.45, 2.75) is 23.8 Å². The van der Waals surface area contributed by atoms with Gasteiger partial charge in [-0.25, -0.2) is 13.6 Å². The summed E-state index contributed by atoms with van der Waals surface area (Å²) in [4.78, 5) is 12.8. The number of benzene rings is 2. The molecule has 9 nitrogen and oxygen atoms in total. The van der Waals surface area contributed by atoms with Crippen LogP contribution in [0.25, 0.3) is 17.0 Å². The van der Waals surface area contributed by atoms with Gasteiger partial charge in [0.25, 0.3) is 5.91 Å². The molecule has 1 aliphatic rings. The third kappa shape index (κ3) is 5.66. The van der Waals surface area contributed by atoms with Crippen LogP contribution in [0, 0.1) is 5.41 Å². The molecule has 0 atom stereocenters. The molecule has 4 rings (SSSR count). The maximum Gasteiger partial charge on any atom is 0.261 e. The highest BCUT2D eigenvalue weighted by molar-refractivity contribution is 14.1. The molecule has 1 aromatic heterocycles. The molecule has 3 aromatic rings. The number of nitrogens with zero attached hydrogens (tertiary/aromatic N) is 3. The number of amides is 1. The summed E-state index contributed by atoms with van der Waals surface area (Å²) >= 11 is 1.93. The molecule has 1 saturated carbocycles. The second-order valence-corrected chi connectivity index (χ2v) is 10.4. The Kier molecular flexibility index (Phi) is 7.05. The average Bonchev–Trinajstić information content (AvgIpc) is 3.54. The van der Waals surface area contributed by atoms with E-state index in [-0.39, 0.29) is 10.8 Å². The summed E-state index contributed by atoms with van der Waals surface area (Å²) in [7, 11) is -3.81. The van der Waals surface area contributed by atoms with Crippen LogP contribution in [0.2, 0.25) is 0 Å². The first-order valence-corrected chi connectivity index (χ1v) is 12.9. The number of carbonyl (C=O) groups excluding carboxylic acids is 1. The lowest BCUT2D eigenvalue weighted by Gasteiger charge is -2.09. The van der Waals surface area contributed by atoms with Crippen molar-refractivity contribution in [3.05, 3.63) is 76.2 Å². The Hall–Kier alpha value is -3.16. The summed E-state index contributed by atoms with van der Waals surface area (Å²) in [5.74, 6) is 0.446. The Morgan fingerprint density at radius 1 is 1.21 bits per heavy atom. The van der Waals surface area contributed by atoms with Crippen LogP contribution in [0.3, 0.4) is 0 Å². The van der Waals surface area contributed by atoms with Crippen molar-refractivity contribution in [2.75, 3.05) is 5.32 Å².